The standard InChI is InChI=1S/C29H29ClN8O/c1-18-15-21-22(31-18)9-10-24(28(21)30)39-29-33-25(32-26-16-23(35-36-26)19-7-8-19)17-27(34-29)38-13-11-37(12-14-38)20-5-3-2-4-6-20/h2-6,9-10,15-17,19,31H,7-8,11-14H2,1H3,(H2,32,33,34,35,36). The van der Waals surface area contributed by atoms with Gasteiger partial charge in [0.15, 0.2) is 5.82 Å². The summed E-state index contributed by atoms with van der Waals surface area (Å²) in [5.74, 6) is 3.23. The summed E-state index contributed by atoms with van der Waals surface area (Å²) in [7, 11) is 0. The number of hydrogen-bond donors (Lipinski definition) is 3. The van der Waals surface area contributed by atoms with Gasteiger partial charge in [0.2, 0.25) is 0 Å². The van der Waals surface area contributed by atoms with E-state index in [4.69, 9.17) is 21.3 Å². The number of aromatic amines is 2. The number of aromatic nitrogens is 5. The van der Waals surface area contributed by atoms with Crippen LogP contribution in [0.2, 0.25) is 5.02 Å². The summed E-state index contributed by atoms with van der Waals surface area (Å²) in [5.41, 5.74) is 4.39. The van der Waals surface area contributed by atoms with Gasteiger partial charge in [0.05, 0.1) is 5.02 Å². The Kier molecular flexibility index (Phi) is 6.00. The first-order valence-electron chi connectivity index (χ1n) is 13.3. The lowest BCUT2D eigenvalue weighted by Gasteiger charge is -2.36. The molecule has 0 radical (unpaired) electrons. The molecular formula is C29H29ClN8O. The summed E-state index contributed by atoms with van der Waals surface area (Å²) in [4.78, 5) is 17.4. The second kappa shape index (κ2) is 9.81. The van der Waals surface area contributed by atoms with Gasteiger partial charge in [-0.25, -0.2) is 0 Å². The van der Waals surface area contributed by atoms with Crippen molar-refractivity contribution >= 4 is 45.6 Å². The number of piperazine rings is 1. The van der Waals surface area contributed by atoms with E-state index in [0.29, 0.717) is 22.5 Å². The minimum atomic E-state index is 0.229. The van der Waals surface area contributed by atoms with E-state index in [0.717, 1.165) is 60.1 Å². The van der Waals surface area contributed by atoms with Crippen LogP contribution in [0.5, 0.6) is 11.8 Å². The highest BCUT2D eigenvalue weighted by Gasteiger charge is 2.26. The monoisotopic (exact) mass is 540 g/mol. The number of fused-ring (bicyclic) bond motifs is 1. The van der Waals surface area contributed by atoms with Gasteiger partial charge < -0.3 is 24.8 Å². The average Bonchev–Trinajstić information content (AvgIpc) is 3.58. The quantitative estimate of drug-likeness (QED) is 0.220. The van der Waals surface area contributed by atoms with Crippen molar-refractivity contribution in [2.75, 3.05) is 41.3 Å². The summed E-state index contributed by atoms with van der Waals surface area (Å²) in [5, 5.41) is 12.4. The fourth-order valence-electron chi connectivity index (χ4n) is 5.12. The van der Waals surface area contributed by atoms with Gasteiger partial charge in [0.25, 0.3) is 0 Å². The lowest BCUT2D eigenvalue weighted by atomic mass is 10.2. The molecule has 0 bridgehead atoms. The SMILES string of the molecule is Cc1cc2c(Cl)c(Oc3nc(Nc4cc(C5CC5)[nH]n4)cc(N4CCN(c5ccccc5)CC4)n3)ccc2[nH]1. The van der Waals surface area contributed by atoms with E-state index in [9.17, 15) is 0 Å². The highest BCUT2D eigenvalue weighted by atomic mass is 35.5. The first-order chi connectivity index (χ1) is 19.1. The molecule has 39 heavy (non-hydrogen) atoms. The summed E-state index contributed by atoms with van der Waals surface area (Å²) in [6.45, 7) is 5.45. The van der Waals surface area contributed by atoms with Crippen LogP contribution in [0, 0.1) is 6.92 Å². The van der Waals surface area contributed by atoms with Gasteiger partial charge >= 0.3 is 6.01 Å². The molecule has 3 aromatic heterocycles. The van der Waals surface area contributed by atoms with Crippen molar-refractivity contribution in [3.63, 3.8) is 0 Å². The normalized spacial score (nSPS) is 15.6. The maximum absolute atomic E-state index is 6.73. The van der Waals surface area contributed by atoms with E-state index >= 15 is 0 Å². The molecule has 0 unspecified atom stereocenters. The van der Waals surface area contributed by atoms with Crippen molar-refractivity contribution in [1.82, 2.24) is 25.1 Å². The zero-order valence-electron chi connectivity index (χ0n) is 21.6. The highest BCUT2D eigenvalue weighted by molar-refractivity contribution is 6.37. The number of nitrogens with zero attached hydrogens (tertiary/aromatic N) is 5. The fraction of sp³-hybridized carbons (Fsp3) is 0.276. The molecule has 3 N–H and O–H groups in total. The van der Waals surface area contributed by atoms with Crippen LogP contribution in [0.4, 0.5) is 23.1 Å². The van der Waals surface area contributed by atoms with E-state index in [1.165, 1.54) is 18.5 Å². The van der Waals surface area contributed by atoms with E-state index in [2.05, 4.69) is 65.6 Å². The molecule has 0 atom stereocenters. The molecular weight excluding hydrogens is 512 g/mol. The third kappa shape index (κ3) is 4.97. The Labute approximate surface area is 231 Å². The van der Waals surface area contributed by atoms with Crippen LogP contribution in [-0.4, -0.2) is 51.3 Å². The van der Waals surface area contributed by atoms with Crippen molar-refractivity contribution in [2.45, 2.75) is 25.7 Å². The number of benzene rings is 2. The summed E-state index contributed by atoms with van der Waals surface area (Å²) >= 11 is 6.73. The van der Waals surface area contributed by atoms with Gasteiger partial charge in [0.1, 0.15) is 17.4 Å². The van der Waals surface area contributed by atoms with Crippen LogP contribution in [0.25, 0.3) is 10.9 Å². The Morgan fingerprint density at radius 3 is 2.51 bits per heavy atom. The number of H-pyrrole nitrogens is 2. The number of para-hydroxylation sites is 1. The van der Waals surface area contributed by atoms with Crippen LogP contribution < -0.4 is 19.9 Å². The summed E-state index contributed by atoms with van der Waals surface area (Å²) in [6.07, 6.45) is 2.41. The summed E-state index contributed by atoms with van der Waals surface area (Å²) in [6, 6.07) is 20.6. The Balaban J connectivity index is 1.17. The molecule has 1 saturated heterocycles. The topological polar surface area (TPSA) is 98.0 Å². The van der Waals surface area contributed by atoms with Crippen LogP contribution in [0.3, 0.4) is 0 Å². The third-order valence-electron chi connectivity index (χ3n) is 7.33. The second-order valence-electron chi connectivity index (χ2n) is 10.2. The Hall–Kier alpha value is -4.24. The molecule has 0 spiro atoms. The predicted molar refractivity (Wildman–Crippen MR) is 155 cm³/mol. The number of anilines is 4. The van der Waals surface area contributed by atoms with Gasteiger partial charge in [-0.1, -0.05) is 29.8 Å². The van der Waals surface area contributed by atoms with Crippen LogP contribution in [0.1, 0.15) is 30.1 Å². The van der Waals surface area contributed by atoms with Crippen LogP contribution in [0.15, 0.2) is 60.7 Å². The third-order valence-corrected chi connectivity index (χ3v) is 7.72. The molecule has 1 aliphatic carbocycles. The van der Waals surface area contributed by atoms with Gasteiger partial charge in [-0.3, -0.25) is 5.10 Å². The van der Waals surface area contributed by atoms with E-state index in [1.807, 2.05) is 37.3 Å². The Morgan fingerprint density at radius 2 is 1.72 bits per heavy atom. The van der Waals surface area contributed by atoms with Crippen molar-refractivity contribution in [3.8, 4) is 11.8 Å². The lowest BCUT2D eigenvalue weighted by Crippen LogP contribution is -2.46. The first kappa shape index (κ1) is 23.8. The molecule has 4 heterocycles. The molecule has 198 valence electrons. The maximum atomic E-state index is 6.73. The van der Waals surface area contributed by atoms with E-state index in [1.54, 1.807) is 0 Å². The molecule has 2 aromatic carbocycles. The van der Waals surface area contributed by atoms with Crippen LogP contribution in [-0.2, 0) is 0 Å². The average molecular weight is 541 g/mol. The molecule has 2 fully saturated rings. The van der Waals surface area contributed by atoms with Crippen molar-refractivity contribution in [2.24, 2.45) is 0 Å². The zero-order valence-corrected chi connectivity index (χ0v) is 22.4. The number of ether oxygens (including phenoxy) is 1. The van der Waals surface area contributed by atoms with Gasteiger partial charge in [-0.15, -0.1) is 0 Å². The minimum Gasteiger partial charge on any atom is -0.423 e. The molecule has 1 aliphatic heterocycles. The highest BCUT2D eigenvalue weighted by Crippen LogP contribution is 2.40. The molecule has 9 nitrogen and oxygen atoms in total. The molecule has 7 rings (SSSR count). The number of nitrogens with one attached hydrogen (secondary N) is 3. The maximum Gasteiger partial charge on any atom is 0.325 e. The smallest absolute Gasteiger partial charge is 0.325 e. The second-order valence-corrected chi connectivity index (χ2v) is 10.6. The van der Waals surface area contributed by atoms with E-state index in [-0.39, 0.29) is 6.01 Å². The Bertz CT molecular complexity index is 1620. The molecule has 0 amide bonds. The minimum absolute atomic E-state index is 0.229. The summed E-state index contributed by atoms with van der Waals surface area (Å²) < 4.78 is 6.21. The first-order valence-corrected chi connectivity index (χ1v) is 13.7. The number of hydrogen-bond acceptors (Lipinski definition) is 7. The lowest BCUT2D eigenvalue weighted by molar-refractivity contribution is 0.443. The number of rotatable bonds is 7. The van der Waals surface area contributed by atoms with Gasteiger partial charge in [0, 0.05) is 72.2 Å². The molecule has 10 heteroatoms. The van der Waals surface area contributed by atoms with Gasteiger partial charge in [-0.05, 0) is 50.1 Å². The number of aryl methyl sites for hydroxylation is 1. The Morgan fingerprint density at radius 1 is 0.923 bits per heavy atom. The fourth-order valence-corrected chi connectivity index (χ4v) is 5.38. The molecule has 1 saturated carbocycles. The number of halogens is 1. The largest absolute Gasteiger partial charge is 0.423 e. The van der Waals surface area contributed by atoms with Crippen LogP contribution >= 0.6 is 11.6 Å². The van der Waals surface area contributed by atoms with Gasteiger partial charge in [-0.2, -0.15) is 15.1 Å². The predicted octanol–water partition coefficient (Wildman–Crippen LogP) is 6.38. The van der Waals surface area contributed by atoms with E-state index < -0.39 is 0 Å². The molecule has 2 aliphatic rings. The van der Waals surface area contributed by atoms with Crippen molar-refractivity contribution in [1.29, 1.82) is 0 Å². The van der Waals surface area contributed by atoms with Crippen molar-refractivity contribution < 1.29 is 4.74 Å². The molecule has 5 aromatic rings. The van der Waals surface area contributed by atoms with Crippen molar-refractivity contribution in [3.05, 3.63) is 77.1 Å². The zero-order chi connectivity index (χ0) is 26.3.